The van der Waals surface area contributed by atoms with Crippen LogP contribution in [0, 0.1) is 17.8 Å². The number of anilines is 1. The molecule has 3 saturated heterocycles. The molecule has 4 heterocycles. The molecule has 6 rings (SSSR count). The normalized spacial score (nSPS) is 21.0. The van der Waals surface area contributed by atoms with Gasteiger partial charge in [-0.15, -0.1) is 0 Å². The van der Waals surface area contributed by atoms with E-state index >= 15 is 0 Å². The number of rotatable bonds is 7. The van der Waals surface area contributed by atoms with Crippen LogP contribution in [-0.4, -0.2) is 89.8 Å². The van der Waals surface area contributed by atoms with E-state index in [9.17, 15) is 40.7 Å². The molecular weight excluding hydrogens is 676 g/mol. The van der Waals surface area contributed by atoms with Crippen molar-refractivity contribution in [2.75, 3.05) is 51.6 Å². The Balaban J connectivity index is 1.15. The van der Waals surface area contributed by atoms with Crippen LogP contribution in [0.4, 0.5) is 36.8 Å². The molecule has 8 nitrogen and oxygen atoms in total. The van der Waals surface area contributed by atoms with Crippen LogP contribution < -0.4 is 5.32 Å². The third-order valence-electron chi connectivity index (χ3n) is 11.3. The number of nitrogens with zero attached hydrogens (tertiary/aromatic N) is 4. The fourth-order valence-corrected chi connectivity index (χ4v) is 8.30. The van der Waals surface area contributed by atoms with Gasteiger partial charge in [0, 0.05) is 50.9 Å². The van der Waals surface area contributed by atoms with E-state index in [1.54, 1.807) is 14.7 Å². The molecule has 4 aliphatic heterocycles. The van der Waals surface area contributed by atoms with E-state index in [-0.39, 0.29) is 36.0 Å². The van der Waals surface area contributed by atoms with Crippen molar-refractivity contribution >= 4 is 23.5 Å². The second kappa shape index (κ2) is 15.0. The van der Waals surface area contributed by atoms with E-state index in [1.807, 2.05) is 24.3 Å². The zero-order chi connectivity index (χ0) is 36.5. The Morgan fingerprint density at radius 1 is 0.784 bits per heavy atom. The van der Waals surface area contributed by atoms with E-state index in [1.165, 1.54) is 0 Å². The summed E-state index contributed by atoms with van der Waals surface area (Å²) in [5, 5.41) is 2.91. The van der Waals surface area contributed by atoms with Crippen molar-refractivity contribution in [1.82, 2.24) is 19.6 Å². The van der Waals surface area contributed by atoms with Crippen molar-refractivity contribution in [2.24, 2.45) is 17.8 Å². The first-order valence-electron chi connectivity index (χ1n) is 17.8. The van der Waals surface area contributed by atoms with Crippen LogP contribution in [0.5, 0.6) is 0 Å². The highest BCUT2D eigenvalue weighted by Gasteiger charge is 2.39. The number of hydrogen-bond acceptors (Lipinski definition) is 4. The zero-order valence-corrected chi connectivity index (χ0v) is 28.7. The zero-order valence-electron chi connectivity index (χ0n) is 28.7. The number of fused-ring (bicyclic) bond motifs is 1. The molecule has 1 atom stereocenters. The van der Waals surface area contributed by atoms with Crippen molar-refractivity contribution in [3.63, 3.8) is 0 Å². The number of hydrogen-bond donors (Lipinski definition) is 1. The van der Waals surface area contributed by atoms with Crippen molar-refractivity contribution in [1.29, 1.82) is 0 Å². The van der Waals surface area contributed by atoms with Crippen LogP contribution in [0.15, 0.2) is 42.5 Å². The topological polar surface area (TPSA) is 76.2 Å². The first-order valence-corrected chi connectivity index (χ1v) is 17.8. The van der Waals surface area contributed by atoms with Gasteiger partial charge in [-0.25, -0.2) is 4.79 Å². The standard InChI is InChI=1S/C37H45F6N5O3/c1-45-12-6-25(7-13-45)26-8-14-47(15-9-26)34(50)28(18-24-19-29(36(38,39)40)22-30(20-24)37(41,42)43)21-33(49)46-16-10-31(11-17-46)48-23-27-4-2-3-5-32(27)44-35(48)51/h2-5,19-20,22,25-26,28,31H,6-18,21,23H2,1H3,(H,44,51)/t28-/m1/s1. The molecule has 0 aromatic heterocycles. The molecule has 0 aliphatic carbocycles. The summed E-state index contributed by atoms with van der Waals surface area (Å²) in [6.07, 6.45) is -6.15. The Kier molecular flexibility index (Phi) is 10.9. The minimum Gasteiger partial charge on any atom is -0.343 e. The van der Waals surface area contributed by atoms with Crippen LogP contribution in [-0.2, 0) is 34.9 Å². The molecule has 4 aliphatic rings. The van der Waals surface area contributed by atoms with Gasteiger partial charge in [0.1, 0.15) is 0 Å². The molecule has 3 fully saturated rings. The minimum atomic E-state index is -5.03. The van der Waals surface area contributed by atoms with Gasteiger partial charge in [0.05, 0.1) is 17.0 Å². The number of amides is 4. The molecule has 278 valence electrons. The lowest BCUT2D eigenvalue weighted by Crippen LogP contribution is -2.51. The maximum absolute atomic E-state index is 14.1. The fraction of sp³-hybridized carbons (Fsp3) is 0.595. The van der Waals surface area contributed by atoms with Gasteiger partial charge in [0.2, 0.25) is 11.8 Å². The molecule has 1 N–H and O–H groups in total. The number of benzene rings is 2. The lowest BCUT2D eigenvalue weighted by atomic mass is 9.78. The lowest BCUT2D eigenvalue weighted by molar-refractivity contribution is -0.143. The molecule has 0 spiro atoms. The molecule has 0 saturated carbocycles. The van der Waals surface area contributed by atoms with Gasteiger partial charge < -0.3 is 24.9 Å². The maximum Gasteiger partial charge on any atom is 0.416 e. The third-order valence-corrected chi connectivity index (χ3v) is 11.3. The summed E-state index contributed by atoms with van der Waals surface area (Å²) >= 11 is 0. The van der Waals surface area contributed by atoms with Crippen molar-refractivity contribution in [2.45, 2.75) is 76.3 Å². The van der Waals surface area contributed by atoms with Crippen LogP contribution in [0.25, 0.3) is 0 Å². The minimum absolute atomic E-state index is 0.0740. The average Bonchev–Trinajstić information content (AvgIpc) is 3.10. The third kappa shape index (κ3) is 8.81. The molecule has 51 heavy (non-hydrogen) atoms. The van der Waals surface area contributed by atoms with Gasteiger partial charge in [-0.2, -0.15) is 26.3 Å². The number of carbonyl (C=O) groups is 3. The van der Waals surface area contributed by atoms with E-state index in [4.69, 9.17) is 0 Å². The van der Waals surface area contributed by atoms with E-state index in [0.717, 1.165) is 50.0 Å². The average molecular weight is 722 g/mol. The number of nitrogens with one attached hydrogen (secondary N) is 1. The second-order valence-corrected chi connectivity index (χ2v) is 14.6. The fourth-order valence-electron chi connectivity index (χ4n) is 8.30. The lowest BCUT2D eigenvalue weighted by Gasteiger charge is -2.41. The summed E-state index contributed by atoms with van der Waals surface area (Å²) in [7, 11) is 2.09. The number of para-hydroxylation sites is 1. The van der Waals surface area contributed by atoms with Gasteiger partial charge in [0.15, 0.2) is 0 Å². The molecule has 0 unspecified atom stereocenters. The number of alkyl halides is 6. The highest BCUT2D eigenvalue weighted by Crippen LogP contribution is 2.38. The molecule has 2 aromatic carbocycles. The summed E-state index contributed by atoms with van der Waals surface area (Å²) in [5.41, 5.74) is -1.45. The Bertz CT molecular complexity index is 1540. The quantitative estimate of drug-likeness (QED) is 0.316. The SMILES string of the molecule is CN1CCC(C2CCN(C(=O)[C@@H](CC(=O)N3CCC(N4Cc5ccccc5NC4=O)CC3)Cc3cc(C(F)(F)F)cc(C(F)(F)F)c3)CC2)CC1. The molecular formula is C37H45F6N5O3. The van der Waals surface area contributed by atoms with Gasteiger partial charge >= 0.3 is 18.4 Å². The Morgan fingerprint density at radius 2 is 1.33 bits per heavy atom. The largest absolute Gasteiger partial charge is 0.416 e. The van der Waals surface area contributed by atoms with Gasteiger partial charge in [0.25, 0.3) is 0 Å². The van der Waals surface area contributed by atoms with Crippen LogP contribution >= 0.6 is 0 Å². The maximum atomic E-state index is 14.1. The second-order valence-electron chi connectivity index (χ2n) is 14.6. The van der Waals surface area contributed by atoms with Crippen LogP contribution in [0.3, 0.4) is 0 Å². The van der Waals surface area contributed by atoms with E-state index in [2.05, 4.69) is 17.3 Å². The predicted octanol–water partition coefficient (Wildman–Crippen LogP) is 6.89. The number of likely N-dealkylation sites (tertiary alicyclic amines) is 3. The monoisotopic (exact) mass is 721 g/mol. The van der Waals surface area contributed by atoms with Gasteiger partial charge in [-0.05, 0) is 112 Å². The van der Waals surface area contributed by atoms with Crippen molar-refractivity contribution < 1.29 is 40.7 Å². The highest BCUT2D eigenvalue weighted by atomic mass is 19.4. The highest BCUT2D eigenvalue weighted by molar-refractivity contribution is 5.92. The smallest absolute Gasteiger partial charge is 0.343 e. The first-order chi connectivity index (χ1) is 24.2. The van der Waals surface area contributed by atoms with Crippen molar-refractivity contribution in [3.05, 3.63) is 64.7 Å². The van der Waals surface area contributed by atoms with Gasteiger partial charge in [-0.1, -0.05) is 18.2 Å². The number of piperidine rings is 3. The summed E-state index contributed by atoms with van der Waals surface area (Å²) in [6, 6.07) is 8.55. The number of urea groups is 1. The Morgan fingerprint density at radius 3 is 1.92 bits per heavy atom. The predicted molar refractivity (Wildman–Crippen MR) is 178 cm³/mol. The molecule has 0 bridgehead atoms. The summed E-state index contributed by atoms with van der Waals surface area (Å²) in [4.78, 5) is 47.9. The van der Waals surface area contributed by atoms with E-state index < -0.39 is 41.7 Å². The summed E-state index contributed by atoms with van der Waals surface area (Å²) in [6.45, 7) is 3.94. The van der Waals surface area contributed by atoms with E-state index in [0.29, 0.717) is 69.5 Å². The van der Waals surface area contributed by atoms with Gasteiger partial charge in [-0.3, -0.25) is 9.59 Å². The first kappa shape index (κ1) is 37.0. The van der Waals surface area contributed by atoms with Crippen LogP contribution in [0.1, 0.15) is 67.2 Å². The summed E-state index contributed by atoms with van der Waals surface area (Å²) < 4.78 is 82.3. The molecule has 0 radical (unpaired) electrons. The summed E-state index contributed by atoms with van der Waals surface area (Å²) in [5.74, 6) is -0.948. The Hall–Kier alpha value is -3.81. The molecule has 4 amide bonds. The van der Waals surface area contributed by atoms with Crippen molar-refractivity contribution in [3.8, 4) is 0 Å². The Labute approximate surface area is 294 Å². The van der Waals surface area contributed by atoms with Crippen LogP contribution in [0.2, 0.25) is 0 Å². The number of carbonyl (C=O) groups excluding carboxylic acids is 3. The number of halogens is 6. The molecule has 2 aromatic rings. The molecule has 14 heteroatoms.